The van der Waals surface area contributed by atoms with Crippen molar-refractivity contribution in [2.24, 2.45) is 0 Å². The van der Waals surface area contributed by atoms with Gasteiger partial charge in [-0.3, -0.25) is 0 Å². The lowest BCUT2D eigenvalue weighted by Crippen LogP contribution is -2.26. The Kier molecular flexibility index (Phi) is 10.6. The van der Waals surface area contributed by atoms with E-state index in [1.54, 1.807) is 24.3 Å². The van der Waals surface area contributed by atoms with Gasteiger partial charge >= 0.3 is 0 Å². The Bertz CT molecular complexity index is 2430. The second-order valence-corrected chi connectivity index (χ2v) is 17.6. The first-order valence-electron chi connectivity index (χ1n) is 16.4. The van der Waals surface area contributed by atoms with Crippen molar-refractivity contribution < 1.29 is 16.8 Å². The van der Waals surface area contributed by atoms with Gasteiger partial charge in [-0.15, -0.1) is 0 Å². The lowest BCUT2D eigenvalue weighted by atomic mass is 9.86. The van der Waals surface area contributed by atoms with Gasteiger partial charge in [-0.1, -0.05) is 87.7 Å². The molecule has 7 rings (SSSR count). The summed E-state index contributed by atoms with van der Waals surface area (Å²) in [6.07, 6.45) is 0.797. The molecule has 0 unspecified atom stereocenters. The van der Waals surface area contributed by atoms with Crippen LogP contribution in [0.25, 0.3) is 21.8 Å². The number of hydrogen-bond donors (Lipinski definition) is 4. The lowest BCUT2D eigenvalue weighted by Gasteiger charge is -2.21. The molecule has 266 valence electrons. The summed E-state index contributed by atoms with van der Waals surface area (Å²) in [6.45, 7) is 0.303. The summed E-state index contributed by atoms with van der Waals surface area (Å²) in [7, 11) is -7.57. The van der Waals surface area contributed by atoms with Crippen LogP contribution in [0.15, 0.2) is 136 Å². The minimum Gasteiger partial charge on any atom is -0.357 e. The maximum Gasteiger partial charge on any atom is 0.240 e. The molecule has 7 aromatic rings. The van der Waals surface area contributed by atoms with E-state index in [4.69, 9.17) is 23.2 Å². The van der Waals surface area contributed by atoms with Crippen molar-refractivity contribution in [1.82, 2.24) is 19.4 Å². The molecule has 0 radical (unpaired) electrons. The lowest BCUT2D eigenvalue weighted by molar-refractivity contribution is 0.580. The van der Waals surface area contributed by atoms with Crippen LogP contribution in [0.4, 0.5) is 0 Å². The molecular formula is C39H33BrCl2N4O4S2. The maximum atomic E-state index is 13.2. The Balaban J connectivity index is 1.29. The number of hydrogen-bond acceptors (Lipinski definition) is 4. The largest absolute Gasteiger partial charge is 0.357 e. The van der Waals surface area contributed by atoms with Gasteiger partial charge in [0, 0.05) is 60.8 Å². The number of sulfonamides is 2. The number of rotatable bonds is 13. The Morgan fingerprint density at radius 1 is 0.558 bits per heavy atom. The number of fused-ring (bicyclic) bond motifs is 2. The van der Waals surface area contributed by atoms with E-state index < -0.39 is 20.0 Å². The zero-order valence-corrected chi connectivity index (χ0v) is 32.3. The van der Waals surface area contributed by atoms with Crippen molar-refractivity contribution in [2.75, 3.05) is 13.1 Å². The highest BCUT2D eigenvalue weighted by atomic mass is 79.9. The average molecular weight is 837 g/mol. The molecule has 0 aliphatic carbocycles. The molecule has 0 aliphatic heterocycles. The number of nitrogens with one attached hydrogen (secondary N) is 4. The fourth-order valence-electron chi connectivity index (χ4n) is 6.62. The minimum atomic E-state index is -3.79. The average Bonchev–Trinajstić information content (AvgIpc) is 3.67. The fourth-order valence-corrected chi connectivity index (χ4v) is 9.20. The van der Waals surface area contributed by atoms with Crippen LogP contribution in [-0.2, 0) is 32.9 Å². The summed E-state index contributed by atoms with van der Waals surface area (Å²) in [5, 5.41) is 2.88. The van der Waals surface area contributed by atoms with Gasteiger partial charge in [0.15, 0.2) is 0 Å². The summed E-state index contributed by atoms with van der Waals surface area (Å²) < 4.78 is 59.4. The quantitative estimate of drug-likeness (QED) is 0.0927. The third-order valence-corrected chi connectivity index (χ3v) is 13.0. The molecule has 4 N–H and O–H groups in total. The van der Waals surface area contributed by atoms with Crippen molar-refractivity contribution in [3.63, 3.8) is 0 Å². The molecule has 0 atom stereocenters. The van der Waals surface area contributed by atoms with Gasteiger partial charge in [-0.2, -0.15) is 0 Å². The second-order valence-electron chi connectivity index (χ2n) is 12.3. The molecule has 0 saturated heterocycles. The van der Waals surface area contributed by atoms with E-state index in [1.165, 1.54) is 24.3 Å². The predicted molar refractivity (Wildman–Crippen MR) is 212 cm³/mol. The molecule has 0 bridgehead atoms. The molecular weight excluding hydrogens is 803 g/mol. The van der Waals surface area contributed by atoms with Crippen LogP contribution in [0.2, 0.25) is 10.0 Å². The molecule has 5 aromatic carbocycles. The standard InChI is InChI=1S/C39H33BrCl2N4O4S2/c40-26-11-9-25(10-12-26)37(38-33(31-5-1-3-7-35(31)45-38)21-23-43-51(47,48)29-17-13-27(41)14-18-29)39-34(32-6-2-4-8-36(32)46-39)22-24-44-52(49,50)30-19-15-28(42)16-20-30/h1-20,37,43-46H,21-24H2. The number of aromatic nitrogens is 2. The molecule has 13 heteroatoms. The SMILES string of the molecule is O=S(=O)(NCCc1c(C(c2ccc(Br)cc2)c2[nH]c3ccccc3c2CCNS(=O)(=O)c2ccc(Cl)cc2)[nH]c2ccccc12)c1ccc(Cl)cc1. The first kappa shape index (κ1) is 36.4. The smallest absolute Gasteiger partial charge is 0.240 e. The van der Waals surface area contributed by atoms with Crippen molar-refractivity contribution in [3.05, 3.63) is 164 Å². The summed E-state index contributed by atoms with van der Waals surface area (Å²) in [6, 6.07) is 36.2. The van der Waals surface area contributed by atoms with Crippen LogP contribution in [-0.4, -0.2) is 39.9 Å². The third-order valence-electron chi connectivity index (χ3n) is 9.06. The fraction of sp³-hybridized carbons (Fsp3) is 0.128. The Labute approximate surface area is 320 Å². The summed E-state index contributed by atoms with van der Waals surface area (Å²) in [5.74, 6) is -0.348. The summed E-state index contributed by atoms with van der Waals surface area (Å²) in [4.78, 5) is 7.66. The molecule has 52 heavy (non-hydrogen) atoms. The van der Waals surface area contributed by atoms with Gasteiger partial charge in [-0.25, -0.2) is 26.3 Å². The minimum absolute atomic E-state index is 0.137. The second kappa shape index (κ2) is 15.2. The number of aromatic amines is 2. The van der Waals surface area contributed by atoms with E-state index in [1.807, 2.05) is 60.7 Å². The number of benzene rings is 5. The molecule has 0 amide bonds. The number of halogens is 3. The van der Waals surface area contributed by atoms with Crippen LogP contribution in [0.5, 0.6) is 0 Å². The van der Waals surface area contributed by atoms with E-state index in [0.717, 1.165) is 54.4 Å². The van der Waals surface area contributed by atoms with Crippen LogP contribution in [0.3, 0.4) is 0 Å². The highest BCUT2D eigenvalue weighted by Gasteiger charge is 2.29. The molecule has 8 nitrogen and oxygen atoms in total. The maximum absolute atomic E-state index is 13.2. The monoisotopic (exact) mass is 834 g/mol. The van der Waals surface area contributed by atoms with Gasteiger partial charge in [0.1, 0.15) is 0 Å². The van der Waals surface area contributed by atoms with Gasteiger partial charge in [-0.05, 0) is 102 Å². The van der Waals surface area contributed by atoms with Crippen molar-refractivity contribution >= 4 is 81.0 Å². The van der Waals surface area contributed by atoms with Crippen molar-refractivity contribution in [1.29, 1.82) is 0 Å². The molecule has 0 aliphatic rings. The number of para-hydroxylation sites is 2. The van der Waals surface area contributed by atoms with Crippen LogP contribution in [0.1, 0.15) is 34.0 Å². The summed E-state index contributed by atoms with van der Waals surface area (Å²) in [5.41, 5.74) is 6.58. The van der Waals surface area contributed by atoms with Gasteiger partial charge in [0.25, 0.3) is 0 Å². The first-order valence-corrected chi connectivity index (χ1v) is 21.0. The van der Waals surface area contributed by atoms with E-state index in [0.29, 0.717) is 22.9 Å². The normalized spacial score (nSPS) is 12.3. The van der Waals surface area contributed by atoms with Gasteiger partial charge in [0.05, 0.1) is 15.7 Å². The van der Waals surface area contributed by atoms with Crippen LogP contribution < -0.4 is 9.44 Å². The highest BCUT2D eigenvalue weighted by molar-refractivity contribution is 9.10. The van der Waals surface area contributed by atoms with Gasteiger partial charge in [0.2, 0.25) is 20.0 Å². The Morgan fingerprint density at radius 3 is 1.38 bits per heavy atom. The highest BCUT2D eigenvalue weighted by Crippen LogP contribution is 2.40. The zero-order chi connectivity index (χ0) is 36.5. The van der Waals surface area contributed by atoms with Crippen molar-refractivity contribution in [3.8, 4) is 0 Å². The molecule has 2 heterocycles. The number of H-pyrrole nitrogens is 2. The zero-order valence-electron chi connectivity index (χ0n) is 27.5. The Morgan fingerprint density at radius 2 is 0.962 bits per heavy atom. The molecule has 2 aromatic heterocycles. The van der Waals surface area contributed by atoms with E-state index >= 15 is 0 Å². The topological polar surface area (TPSA) is 124 Å². The van der Waals surface area contributed by atoms with E-state index in [9.17, 15) is 16.8 Å². The molecule has 0 spiro atoms. The predicted octanol–water partition coefficient (Wildman–Crippen LogP) is 8.94. The first-order chi connectivity index (χ1) is 25.0. The van der Waals surface area contributed by atoms with Crippen LogP contribution in [0, 0.1) is 0 Å². The van der Waals surface area contributed by atoms with E-state index in [2.05, 4.69) is 47.5 Å². The van der Waals surface area contributed by atoms with Gasteiger partial charge < -0.3 is 9.97 Å². The van der Waals surface area contributed by atoms with E-state index in [-0.39, 0.29) is 28.8 Å². The molecule has 0 saturated carbocycles. The molecule has 0 fully saturated rings. The van der Waals surface area contributed by atoms with Crippen molar-refractivity contribution in [2.45, 2.75) is 28.6 Å². The third kappa shape index (κ3) is 7.72. The van der Waals surface area contributed by atoms with Crippen LogP contribution >= 0.6 is 39.1 Å². The Hall–Kier alpha value is -3.94. The summed E-state index contributed by atoms with van der Waals surface area (Å²) >= 11 is 15.6.